The van der Waals surface area contributed by atoms with E-state index in [0.29, 0.717) is 24.5 Å². The number of ether oxygens (including phenoxy) is 1. The SMILES string of the molecule is CCOc1cccc(C(=O)NC(CC)(CC)CN)c1.Cl. The van der Waals surface area contributed by atoms with Crippen LogP contribution in [-0.4, -0.2) is 24.6 Å². The zero-order chi connectivity index (χ0) is 14.3. The maximum absolute atomic E-state index is 12.3. The number of halogens is 1. The van der Waals surface area contributed by atoms with Crippen molar-refractivity contribution in [2.75, 3.05) is 13.2 Å². The van der Waals surface area contributed by atoms with Crippen LogP contribution in [0.3, 0.4) is 0 Å². The molecule has 0 radical (unpaired) electrons. The summed E-state index contributed by atoms with van der Waals surface area (Å²) in [4.78, 5) is 12.3. The summed E-state index contributed by atoms with van der Waals surface area (Å²) < 4.78 is 5.40. The van der Waals surface area contributed by atoms with Crippen LogP contribution in [0, 0.1) is 0 Å². The molecule has 0 atom stereocenters. The van der Waals surface area contributed by atoms with Crippen LogP contribution in [0.25, 0.3) is 0 Å². The molecule has 0 aromatic heterocycles. The molecule has 1 aromatic carbocycles. The fourth-order valence-corrected chi connectivity index (χ4v) is 1.97. The van der Waals surface area contributed by atoms with Crippen LogP contribution in [0.5, 0.6) is 5.75 Å². The predicted octanol–water partition coefficient (Wildman–Crippen LogP) is 2.75. The number of hydrogen-bond acceptors (Lipinski definition) is 3. The van der Waals surface area contributed by atoms with Gasteiger partial charge in [-0.05, 0) is 38.0 Å². The largest absolute Gasteiger partial charge is 0.494 e. The Labute approximate surface area is 127 Å². The quantitative estimate of drug-likeness (QED) is 0.814. The molecule has 0 aliphatic carbocycles. The smallest absolute Gasteiger partial charge is 0.251 e. The third-order valence-electron chi connectivity index (χ3n) is 3.53. The molecule has 0 aliphatic heterocycles. The van der Waals surface area contributed by atoms with Crippen LogP contribution in [0.4, 0.5) is 0 Å². The summed E-state index contributed by atoms with van der Waals surface area (Å²) in [6.45, 7) is 7.01. The Kier molecular flexibility index (Phi) is 8.26. The number of nitrogens with one attached hydrogen (secondary N) is 1. The number of benzene rings is 1. The molecule has 0 spiro atoms. The van der Waals surface area contributed by atoms with Gasteiger partial charge < -0.3 is 15.8 Å². The van der Waals surface area contributed by atoms with Crippen molar-refractivity contribution in [1.82, 2.24) is 5.32 Å². The lowest BCUT2D eigenvalue weighted by Crippen LogP contribution is -2.52. The van der Waals surface area contributed by atoms with Gasteiger partial charge in [-0.15, -0.1) is 12.4 Å². The summed E-state index contributed by atoms with van der Waals surface area (Å²) in [5.74, 6) is 0.609. The van der Waals surface area contributed by atoms with Crippen LogP contribution < -0.4 is 15.8 Å². The molecule has 0 bridgehead atoms. The van der Waals surface area contributed by atoms with Gasteiger partial charge in [-0.25, -0.2) is 0 Å². The highest BCUT2D eigenvalue weighted by atomic mass is 35.5. The maximum Gasteiger partial charge on any atom is 0.251 e. The topological polar surface area (TPSA) is 64.3 Å². The van der Waals surface area contributed by atoms with E-state index in [2.05, 4.69) is 5.32 Å². The van der Waals surface area contributed by atoms with Crippen LogP contribution in [0.1, 0.15) is 44.0 Å². The Morgan fingerprint density at radius 1 is 1.30 bits per heavy atom. The Hall–Kier alpha value is -1.26. The minimum atomic E-state index is -0.321. The molecule has 5 heteroatoms. The first-order valence-electron chi connectivity index (χ1n) is 6.86. The predicted molar refractivity (Wildman–Crippen MR) is 84.7 cm³/mol. The van der Waals surface area contributed by atoms with Crippen LogP contribution in [0.2, 0.25) is 0 Å². The number of amides is 1. The van der Waals surface area contributed by atoms with E-state index >= 15 is 0 Å². The molecule has 1 amide bonds. The zero-order valence-electron chi connectivity index (χ0n) is 12.4. The van der Waals surface area contributed by atoms with Gasteiger partial charge in [0, 0.05) is 12.1 Å². The van der Waals surface area contributed by atoms with Gasteiger partial charge in [0.2, 0.25) is 0 Å². The van der Waals surface area contributed by atoms with Gasteiger partial charge >= 0.3 is 0 Å². The zero-order valence-corrected chi connectivity index (χ0v) is 13.3. The van der Waals surface area contributed by atoms with Crippen molar-refractivity contribution in [3.8, 4) is 5.75 Å². The number of nitrogens with two attached hydrogens (primary N) is 1. The Balaban J connectivity index is 0.00000361. The second kappa shape index (κ2) is 8.82. The molecule has 1 rings (SSSR count). The Morgan fingerprint density at radius 2 is 1.95 bits per heavy atom. The average molecular weight is 301 g/mol. The van der Waals surface area contributed by atoms with Gasteiger partial charge in [-0.3, -0.25) is 4.79 Å². The Bertz CT molecular complexity index is 412. The lowest BCUT2D eigenvalue weighted by molar-refractivity contribution is 0.0895. The third-order valence-corrected chi connectivity index (χ3v) is 3.53. The van der Waals surface area contributed by atoms with Gasteiger partial charge in [-0.2, -0.15) is 0 Å². The number of carbonyl (C=O) groups excluding carboxylic acids is 1. The van der Waals surface area contributed by atoms with Crippen molar-refractivity contribution < 1.29 is 9.53 Å². The van der Waals surface area contributed by atoms with Gasteiger partial charge in [0.05, 0.1) is 12.1 Å². The third kappa shape index (κ3) is 4.69. The minimum Gasteiger partial charge on any atom is -0.494 e. The van der Waals surface area contributed by atoms with Crippen LogP contribution in [0.15, 0.2) is 24.3 Å². The fraction of sp³-hybridized carbons (Fsp3) is 0.533. The second-order valence-corrected chi connectivity index (χ2v) is 4.61. The molecule has 0 aliphatic rings. The molecular formula is C15H25ClN2O2. The van der Waals surface area contributed by atoms with Crippen LogP contribution in [-0.2, 0) is 0 Å². The number of carbonyl (C=O) groups is 1. The first-order valence-corrected chi connectivity index (χ1v) is 6.86. The van der Waals surface area contributed by atoms with Gasteiger partial charge in [-0.1, -0.05) is 19.9 Å². The van der Waals surface area contributed by atoms with E-state index in [-0.39, 0.29) is 23.9 Å². The molecule has 114 valence electrons. The van der Waals surface area contributed by atoms with E-state index < -0.39 is 0 Å². The van der Waals surface area contributed by atoms with E-state index in [4.69, 9.17) is 10.5 Å². The lowest BCUT2D eigenvalue weighted by Gasteiger charge is -2.31. The number of rotatable bonds is 7. The first-order chi connectivity index (χ1) is 9.10. The molecule has 0 saturated heterocycles. The molecular weight excluding hydrogens is 276 g/mol. The number of hydrogen-bond donors (Lipinski definition) is 2. The highest BCUT2D eigenvalue weighted by Crippen LogP contribution is 2.17. The Morgan fingerprint density at radius 3 is 2.45 bits per heavy atom. The average Bonchev–Trinajstić information content (AvgIpc) is 2.45. The maximum atomic E-state index is 12.3. The second-order valence-electron chi connectivity index (χ2n) is 4.61. The summed E-state index contributed by atoms with van der Waals surface area (Å²) in [5.41, 5.74) is 6.08. The molecule has 0 heterocycles. The van der Waals surface area contributed by atoms with Crippen molar-refractivity contribution >= 4 is 18.3 Å². The lowest BCUT2D eigenvalue weighted by atomic mass is 9.92. The van der Waals surface area contributed by atoms with Gasteiger partial charge in [0.15, 0.2) is 0 Å². The minimum absolute atomic E-state index is 0. The molecule has 0 saturated carbocycles. The highest BCUT2D eigenvalue weighted by Gasteiger charge is 2.26. The van der Waals surface area contributed by atoms with E-state index in [9.17, 15) is 4.79 Å². The van der Waals surface area contributed by atoms with Crippen molar-refractivity contribution in [2.45, 2.75) is 39.2 Å². The fourth-order valence-electron chi connectivity index (χ4n) is 1.97. The summed E-state index contributed by atoms with van der Waals surface area (Å²) in [6, 6.07) is 7.20. The highest BCUT2D eigenvalue weighted by molar-refractivity contribution is 5.95. The van der Waals surface area contributed by atoms with Gasteiger partial charge in [0.1, 0.15) is 5.75 Å². The first kappa shape index (κ1) is 18.7. The molecule has 20 heavy (non-hydrogen) atoms. The van der Waals surface area contributed by atoms with Crippen molar-refractivity contribution in [3.05, 3.63) is 29.8 Å². The molecule has 4 nitrogen and oxygen atoms in total. The van der Waals surface area contributed by atoms with Crippen molar-refractivity contribution in [1.29, 1.82) is 0 Å². The normalized spacial score (nSPS) is 10.6. The summed E-state index contributed by atoms with van der Waals surface area (Å²) in [7, 11) is 0. The van der Waals surface area contributed by atoms with E-state index in [1.54, 1.807) is 12.1 Å². The van der Waals surface area contributed by atoms with Crippen molar-refractivity contribution in [2.24, 2.45) is 5.73 Å². The van der Waals surface area contributed by atoms with E-state index in [0.717, 1.165) is 12.8 Å². The van der Waals surface area contributed by atoms with Crippen LogP contribution >= 0.6 is 12.4 Å². The molecule has 3 N–H and O–H groups in total. The monoisotopic (exact) mass is 300 g/mol. The molecule has 1 aromatic rings. The summed E-state index contributed by atoms with van der Waals surface area (Å²) in [6.07, 6.45) is 1.63. The molecule has 0 unspecified atom stereocenters. The standard InChI is InChI=1S/C15H24N2O2.ClH/c1-4-15(5-2,11-16)17-14(18)12-8-7-9-13(10-12)19-6-3;/h7-10H,4-6,11,16H2,1-3H3,(H,17,18);1H. The van der Waals surface area contributed by atoms with Crippen molar-refractivity contribution in [3.63, 3.8) is 0 Å². The van der Waals surface area contributed by atoms with E-state index in [1.807, 2.05) is 32.9 Å². The van der Waals surface area contributed by atoms with Gasteiger partial charge in [0.25, 0.3) is 5.91 Å². The summed E-state index contributed by atoms with van der Waals surface area (Å²) in [5, 5.41) is 3.05. The summed E-state index contributed by atoms with van der Waals surface area (Å²) >= 11 is 0. The van der Waals surface area contributed by atoms with E-state index in [1.165, 1.54) is 0 Å². The molecule has 0 fully saturated rings.